The predicted octanol–water partition coefficient (Wildman–Crippen LogP) is 2.87. The molecule has 1 fully saturated rings. The van der Waals surface area contributed by atoms with Gasteiger partial charge in [-0.05, 0) is 19.3 Å². The molecule has 98 valence electrons. The number of nitrogens with zero attached hydrogens (tertiary/aromatic N) is 3. The van der Waals surface area contributed by atoms with E-state index in [1.807, 2.05) is 17.9 Å². The fraction of sp³-hybridized carbons (Fsp3) is 0.714. The zero-order valence-electron chi connectivity index (χ0n) is 11.3. The highest BCUT2D eigenvalue weighted by molar-refractivity contribution is 5.47. The standard InChI is InChI=1S/C14H22N4/c1-3-12-14(10-18(2)17-12)16-13-8-6-4-5-7-11(13)9-15/h10-11,13,16H,3-8H2,1-2H3. The molecule has 0 aromatic carbocycles. The Labute approximate surface area is 109 Å². The monoisotopic (exact) mass is 246 g/mol. The molecule has 2 unspecified atom stereocenters. The van der Waals surface area contributed by atoms with E-state index < -0.39 is 0 Å². The van der Waals surface area contributed by atoms with Gasteiger partial charge in [0.15, 0.2) is 0 Å². The van der Waals surface area contributed by atoms with Gasteiger partial charge in [-0.3, -0.25) is 4.68 Å². The Hall–Kier alpha value is -1.50. The van der Waals surface area contributed by atoms with E-state index in [1.165, 1.54) is 19.3 Å². The normalized spacial score (nSPS) is 24.3. The first kappa shape index (κ1) is 12.9. The second-order valence-corrected chi connectivity index (χ2v) is 5.14. The highest BCUT2D eigenvalue weighted by atomic mass is 15.3. The molecule has 2 rings (SSSR count). The van der Waals surface area contributed by atoms with Gasteiger partial charge in [0.25, 0.3) is 0 Å². The molecule has 1 saturated carbocycles. The van der Waals surface area contributed by atoms with Crippen LogP contribution in [0.25, 0.3) is 0 Å². The van der Waals surface area contributed by atoms with E-state index in [9.17, 15) is 5.26 Å². The summed E-state index contributed by atoms with van der Waals surface area (Å²) in [5.41, 5.74) is 2.20. The smallest absolute Gasteiger partial charge is 0.0853 e. The SMILES string of the molecule is CCc1nn(C)cc1NC1CCCCCC1C#N. The molecule has 0 amide bonds. The molecule has 2 atom stereocenters. The summed E-state index contributed by atoms with van der Waals surface area (Å²) >= 11 is 0. The molecule has 1 aromatic heterocycles. The summed E-state index contributed by atoms with van der Waals surface area (Å²) in [6, 6.07) is 2.75. The Kier molecular flexibility index (Phi) is 4.24. The number of rotatable bonds is 3. The third-order valence-corrected chi connectivity index (χ3v) is 3.76. The van der Waals surface area contributed by atoms with Crippen LogP contribution in [-0.4, -0.2) is 15.8 Å². The maximum atomic E-state index is 9.29. The number of nitriles is 1. The lowest BCUT2D eigenvalue weighted by atomic mass is 9.96. The molecule has 1 aliphatic rings. The number of anilines is 1. The van der Waals surface area contributed by atoms with Crippen LogP contribution in [0.5, 0.6) is 0 Å². The minimum Gasteiger partial charge on any atom is -0.378 e. The van der Waals surface area contributed by atoms with Crippen LogP contribution in [0, 0.1) is 17.2 Å². The van der Waals surface area contributed by atoms with Gasteiger partial charge >= 0.3 is 0 Å². The minimum absolute atomic E-state index is 0.136. The Bertz CT molecular complexity index is 429. The highest BCUT2D eigenvalue weighted by Crippen LogP contribution is 2.27. The zero-order valence-corrected chi connectivity index (χ0v) is 11.3. The molecule has 4 nitrogen and oxygen atoms in total. The minimum atomic E-state index is 0.136. The van der Waals surface area contributed by atoms with Gasteiger partial charge in [-0.2, -0.15) is 10.4 Å². The van der Waals surface area contributed by atoms with Gasteiger partial charge in [0.05, 0.1) is 23.4 Å². The Morgan fingerprint density at radius 1 is 1.44 bits per heavy atom. The average Bonchev–Trinajstić information content (AvgIpc) is 2.59. The third-order valence-electron chi connectivity index (χ3n) is 3.76. The van der Waals surface area contributed by atoms with E-state index >= 15 is 0 Å². The molecule has 4 heteroatoms. The van der Waals surface area contributed by atoms with Crippen LogP contribution >= 0.6 is 0 Å². The van der Waals surface area contributed by atoms with Crippen LogP contribution in [0.3, 0.4) is 0 Å². The summed E-state index contributed by atoms with van der Waals surface area (Å²) in [4.78, 5) is 0. The molecule has 0 bridgehead atoms. The molecule has 1 N–H and O–H groups in total. The molecule has 0 radical (unpaired) electrons. The van der Waals surface area contributed by atoms with Gasteiger partial charge in [0, 0.05) is 19.3 Å². The van der Waals surface area contributed by atoms with Crippen LogP contribution < -0.4 is 5.32 Å². The largest absolute Gasteiger partial charge is 0.378 e. The molecular formula is C14H22N4. The van der Waals surface area contributed by atoms with Crippen molar-refractivity contribution in [3.8, 4) is 6.07 Å². The first-order valence-electron chi connectivity index (χ1n) is 6.93. The fourth-order valence-corrected chi connectivity index (χ4v) is 2.75. The number of aromatic nitrogens is 2. The second-order valence-electron chi connectivity index (χ2n) is 5.14. The van der Waals surface area contributed by atoms with Crippen LogP contribution in [0.2, 0.25) is 0 Å². The van der Waals surface area contributed by atoms with Crippen molar-refractivity contribution in [3.63, 3.8) is 0 Å². The Balaban J connectivity index is 2.12. The van der Waals surface area contributed by atoms with Crippen LogP contribution in [0.4, 0.5) is 5.69 Å². The van der Waals surface area contributed by atoms with Crippen LogP contribution in [0.15, 0.2) is 6.20 Å². The van der Waals surface area contributed by atoms with Gasteiger partial charge < -0.3 is 5.32 Å². The summed E-state index contributed by atoms with van der Waals surface area (Å²) in [6.45, 7) is 2.11. The first-order valence-corrected chi connectivity index (χ1v) is 6.93. The van der Waals surface area contributed by atoms with Crippen molar-refractivity contribution in [2.45, 2.75) is 51.5 Å². The molecule has 1 aromatic rings. The van der Waals surface area contributed by atoms with E-state index in [4.69, 9.17) is 0 Å². The third kappa shape index (κ3) is 2.84. The molecule has 0 aliphatic heterocycles. The van der Waals surface area contributed by atoms with Gasteiger partial charge in [-0.15, -0.1) is 0 Å². The highest BCUT2D eigenvalue weighted by Gasteiger charge is 2.24. The number of nitrogens with one attached hydrogen (secondary N) is 1. The Morgan fingerprint density at radius 3 is 2.94 bits per heavy atom. The van der Waals surface area contributed by atoms with Gasteiger partial charge in [0.2, 0.25) is 0 Å². The van der Waals surface area contributed by atoms with Gasteiger partial charge in [-0.1, -0.05) is 26.2 Å². The lowest BCUT2D eigenvalue weighted by Gasteiger charge is -2.21. The summed E-state index contributed by atoms with van der Waals surface area (Å²) in [7, 11) is 1.94. The number of aryl methyl sites for hydroxylation is 2. The lowest BCUT2D eigenvalue weighted by Crippen LogP contribution is -2.27. The molecule has 0 spiro atoms. The van der Waals surface area contributed by atoms with E-state index in [2.05, 4.69) is 23.4 Å². The summed E-state index contributed by atoms with van der Waals surface area (Å²) in [5.74, 6) is 0.136. The molecular weight excluding hydrogens is 224 g/mol. The van der Waals surface area contributed by atoms with E-state index in [0.29, 0.717) is 0 Å². The summed E-state index contributed by atoms with van der Waals surface area (Å²) in [5, 5.41) is 17.3. The Morgan fingerprint density at radius 2 is 2.22 bits per heavy atom. The van der Waals surface area contributed by atoms with Crippen molar-refractivity contribution in [3.05, 3.63) is 11.9 Å². The second kappa shape index (κ2) is 5.90. The maximum Gasteiger partial charge on any atom is 0.0853 e. The lowest BCUT2D eigenvalue weighted by molar-refractivity contribution is 0.514. The van der Waals surface area contributed by atoms with Crippen LogP contribution in [-0.2, 0) is 13.5 Å². The predicted molar refractivity (Wildman–Crippen MR) is 72.2 cm³/mol. The fourth-order valence-electron chi connectivity index (χ4n) is 2.75. The molecule has 0 saturated heterocycles. The van der Waals surface area contributed by atoms with Crippen LogP contribution in [0.1, 0.15) is 44.7 Å². The van der Waals surface area contributed by atoms with Gasteiger partial charge in [-0.25, -0.2) is 0 Å². The van der Waals surface area contributed by atoms with E-state index in [0.717, 1.165) is 30.6 Å². The zero-order chi connectivity index (χ0) is 13.0. The summed E-state index contributed by atoms with van der Waals surface area (Å²) < 4.78 is 1.85. The number of hydrogen-bond donors (Lipinski definition) is 1. The molecule has 1 heterocycles. The first-order chi connectivity index (χ1) is 8.74. The van der Waals surface area contributed by atoms with Crippen molar-refractivity contribution in [1.29, 1.82) is 5.26 Å². The van der Waals surface area contributed by atoms with E-state index in [-0.39, 0.29) is 12.0 Å². The maximum absolute atomic E-state index is 9.29. The van der Waals surface area contributed by atoms with E-state index in [1.54, 1.807) is 0 Å². The topological polar surface area (TPSA) is 53.6 Å². The van der Waals surface area contributed by atoms with Crippen molar-refractivity contribution in [2.75, 3.05) is 5.32 Å². The van der Waals surface area contributed by atoms with Crippen molar-refractivity contribution in [2.24, 2.45) is 13.0 Å². The van der Waals surface area contributed by atoms with Crippen molar-refractivity contribution in [1.82, 2.24) is 9.78 Å². The molecule has 18 heavy (non-hydrogen) atoms. The van der Waals surface area contributed by atoms with Crippen molar-refractivity contribution < 1.29 is 0 Å². The van der Waals surface area contributed by atoms with Crippen molar-refractivity contribution >= 4 is 5.69 Å². The number of hydrogen-bond acceptors (Lipinski definition) is 3. The van der Waals surface area contributed by atoms with Gasteiger partial charge in [0.1, 0.15) is 0 Å². The summed E-state index contributed by atoms with van der Waals surface area (Å²) in [6.07, 6.45) is 8.73. The quantitative estimate of drug-likeness (QED) is 0.834. The molecule has 1 aliphatic carbocycles. The average molecular weight is 246 g/mol.